The van der Waals surface area contributed by atoms with E-state index in [2.05, 4.69) is 10.3 Å². The lowest BCUT2D eigenvalue weighted by molar-refractivity contribution is -0.127. The summed E-state index contributed by atoms with van der Waals surface area (Å²) in [4.78, 5) is 27.9. The maximum atomic E-state index is 12.3. The predicted octanol–water partition coefficient (Wildman–Crippen LogP) is 3.18. The Labute approximate surface area is 129 Å². The molecule has 22 heavy (non-hydrogen) atoms. The number of nitrogens with zero attached hydrogens (tertiary/aromatic N) is 1. The van der Waals surface area contributed by atoms with Gasteiger partial charge >= 0.3 is 0 Å². The lowest BCUT2D eigenvalue weighted by Crippen LogP contribution is -2.33. The molecule has 1 N–H and O–H groups in total. The maximum Gasteiger partial charge on any atom is 0.240 e. The van der Waals surface area contributed by atoms with E-state index in [1.54, 1.807) is 38.4 Å². The highest BCUT2D eigenvalue weighted by Crippen LogP contribution is 2.23. The Morgan fingerprint density at radius 1 is 1.18 bits per heavy atom. The minimum absolute atomic E-state index is 0.234. The first kappa shape index (κ1) is 15.7. The fraction of sp³-hybridized carbons (Fsp3) is 0.235. The van der Waals surface area contributed by atoms with E-state index in [4.69, 9.17) is 4.42 Å². The molecule has 0 aliphatic heterocycles. The Balaban J connectivity index is 2.21. The Morgan fingerprint density at radius 2 is 1.95 bits per heavy atom. The smallest absolute Gasteiger partial charge is 0.240 e. The number of carbonyl (C=O) groups excluding carboxylic acids is 2. The molecular formula is C17H18N2O3. The van der Waals surface area contributed by atoms with Crippen LogP contribution in [0, 0.1) is 5.92 Å². The minimum Gasteiger partial charge on any atom is -0.464 e. The molecule has 2 rings (SSSR count). The van der Waals surface area contributed by atoms with Crippen molar-refractivity contribution in [1.82, 2.24) is 0 Å². The van der Waals surface area contributed by atoms with Crippen LogP contribution in [0.1, 0.15) is 13.8 Å². The summed E-state index contributed by atoms with van der Waals surface area (Å²) in [7, 11) is 1.57. The first-order valence-corrected chi connectivity index (χ1v) is 6.91. The number of benzene rings is 1. The zero-order valence-electron chi connectivity index (χ0n) is 12.8. The Morgan fingerprint density at radius 3 is 2.55 bits per heavy atom. The first-order valence-electron chi connectivity index (χ1n) is 6.91. The van der Waals surface area contributed by atoms with Gasteiger partial charge in [0.15, 0.2) is 0 Å². The molecule has 0 radical (unpaired) electrons. The highest BCUT2D eigenvalue weighted by atomic mass is 16.3. The largest absolute Gasteiger partial charge is 0.464 e. The second kappa shape index (κ2) is 6.85. The summed E-state index contributed by atoms with van der Waals surface area (Å²) in [5.41, 5.74) is 1.95. The van der Waals surface area contributed by atoms with E-state index in [-0.39, 0.29) is 11.7 Å². The van der Waals surface area contributed by atoms with Crippen molar-refractivity contribution in [2.24, 2.45) is 10.9 Å². The molecule has 5 nitrogen and oxygen atoms in total. The molecule has 1 aromatic carbocycles. The highest BCUT2D eigenvalue weighted by Gasteiger charge is 2.26. The fourth-order valence-corrected chi connectivity index (χ4v) is 2.21. The summed E-state index contributed by atoms with van der Waals surface area (Å²) in [6.07, 6.45) is 1.59. The van der Waals surface area contributed by atoms with Gasteiger partial charge in [0.25, 0.3) is 0 Å². The number of rotatable bonds is 5. The monoisotopic (exact) mass is 298 g/mol. The number of Topliss-reactive ketones (excluding diaryl/α,β-unsaturated/α-hetero) is 1. The zero-order valence-corrected chi connectivity index (χ0v) is 12.8. The van der Waals surface area contributed by atoms with Crippen molar-refractivity contribution in [2.45, 2.75) is 13.8 Å². The van der Waals surface area contributed by atoms with Crippen LogP contribution in [0.3, 0.4) is 0 Å². The fourth-order valence-electron chi connectivity index (χ4n) is 2.21. The van der Waals surface area contributed by atoms with Crippen LogP contribution in [0.4, 0.5) is 5.69 Å². The lowest BCUT2D eigenvalue weighted by atomic mass is 9.99. The Hall–Kier alpha value is -2.69. The molecule has 0 saturated heterocycles. The van der Waals surface area contributed by atoms with Crippen LogP contribution in [0.5, 0.6) is 0 Å². The number of carbonyl (C=O) groups is 2. The molecule has 1 aromatic heterocycles. The van der Waals surface area contributed by atoms with Gasteiger partial charge in [-0.2, -0.15) is 0 Å². The van der Waals surface area contributed by atoms with E-state index >= 15 is 0 Å². The van der Waals surface area contributed by atoms with Gasteiger partial charge in [-0.3, -0.25) is 14.6 Å². The Kier molecular flexibility index (Phi) is 4.88. The van der Waals surface area contributed by atoms with E-state index in [9.17, 15) is 9.59 Å². The number of hydrogen-bond donors (Lipinski definition) is 1. The minimum atomic E-state index is -0.864. The quantitative estimate of drug-likeness (QED) is 0.680. The van der Waals surface area contributed by atoms with E-state index < -0.39 is 5.92 Å². The Bertz CT molecular complexity index is 702. The third-order valence-electron chi connectivity index (χ3n) is 3.37. The van der Waals surface area contributed by atoms with Gasteiger partial charge in [0.05, 0.1) is 6.26 Å². The molecule has 5 heteroatoms. The molecule has 1 amide bonds. The molecule has 2 aromatic rings. The van der Waals surface area contributed by atoms with Gasteiger partial charge < -0.3 is 9.73 Å². The molecule has 1 heterocycles. The summed E-state index contributed by atoms with van der Waals surface area (Å²) in [5, 5.41) is 2.76. The number of aliphatic imine (C=N–C) groups is 1. The predicted molar refractivity (Wildman–Crippen MR) is 86.0 cm³/mol. The molecule has 0 aliphatic rings. The third kappa shape index (κ3) is 3.49. The molecular weight excluding hydrogens is 280 g/mol. The summed E-state index contributed by atoms with van der Waals surface area (Å²) < 4.78 is 5.33. The van der Waals surface area contributed by atoms with Crippen LogP contribution in [0.15, 0.2) is 52.1 Å². The molecule has 0 fully saturated rings. The van der Waals surface area contributed by atoms with Crippen LogP contribution in [-0.2, 0) is 9.59 Å². The number of ketones is 1. The maximum absolute atomic E-state index is 12.3. The molecule has 0 aliphatic carbocycles. The molecule has 0 spiro atoms. The molecule has 1 atom stereocenters. The molecule has 114 valence electrons. The van der Waals surface area contributed by atoms with Crippen molar-refractivity contribution < 1.29 is 14.0 Å². The van der Waals surface area contributed by atoms with Gasteiger partial charge in [0, 0.05) is 24.0 Å². The highest BCUT2D eigenvalue weighted by molar-refractivity contribution is 6.22. The van der Waals surface area contributed by atoms with Crippen molar-refractivity contribution in [2.75, 3.05) is 12.4 Å². The second-order valence-corrected chi connectivity index (χ2v) is 4.96. The number of anilines is 1. The average Bonchev–Trinajstić information content (AvgIpc) is 3.01. The third-order valence-corrected chi connectivity index (χ3v) is 3.37. The van der Waals surface area contributed by atoms with E-state index in [0.717, 1.165) is 5.56 Å². The number of amides is 1. The van der Waals surface area contributed by atoms with E-state index in [1.807, 2.05) is 18.2 Å². The first-order chi connectivity index (χ1) is 10.5. The molecule has 0 bridgehead atoms. The number of hydrogen-bond acceptors (Lipinski definition) is 4. The van der Waals surface area contributed by atoms with Gasteiger partial charge in [-0.25, -0.2) is 0 Å². The van der Waals surface area contributed by atoms with Crippen LogP contribution in [-0.4, -0.2) is 24.4 Å². The van der Waals surface area contributed by atoms with Gasteiger partial charge in [-0.15, -0.1) is 0 Å². The summed E-state index contributed by atoms with van der Waals surface area (Å²) in [6, 6.07) is 10.9. The number of furan rings is 1. The van der Waals surface area contributed by atoms with E-state index in [0.29, 0.717) is 17.2 Å². The standard InChI is InChI=1S/C17H18N2O3/c1-11(18-3)16(12(2)20)17(21)19-14-7-4-6-13(10-14)15-8-5-9-22-15/h4-10,16H,1-3H3,(H,19,21)/b18-11-. The lowest BCUT2D eigenvalue weighted by Gasteiger charge is -2.14. The average molecular weight is 298 g/mol. The van der Waals surface area contributed by atoms with Crippen molar-refractivity contribution in [3.8, 4) is 11.3 Å². The van der Waals surface area contributed by atoms with Crippen LogP contribution in [0.2, 0.25) is 0 Å². The molecule has 0 saturated carbocycles. The van der Waals surface area contributed by atoms with Crippen LogP contribution in [0.25, 0.3) is 11.3 Å². The van der Waals surface area contributed by atoms with Crippen LogP contribution >= 0.6 is 0 Å². The van der Waals surface area contributed by atoms with Crippen molar-refractivity contribution in [3.05, 3.63) is 42.7 Å². The van der Waals surface area contributed by atoms with Gasteiger partial charge in [0.2, 0.25) is 5.91 Å². The summed E-state index contributed by atoms with van der Waals surface area (Å²) in [5.74, 6) is -0.766. The van der Waals surface area contributed by atoms with Crippen LogP contribution < -0.4 is 5.32 Å². The number of nitrogens with one attached hydrogen (secondary N) is 1. The van der Waals surface area contributed by atoms with Crippen molar-refractivity contribution in [1.29, 1.82) is 0 Å². The molecule has 1 unspecified atom stereocenters. The normalized spacial score (nSPS) is 12.8. The van der Waals surface area contributed by atoms with Gasteiger partial charge in [-0.05, 0) is 38.1 Å². The van der Waals surface area contributed by atoms with Crippen molar-refractivity contribution >= 4 is 23.1 Å². The second-order valence-electron chi connectivity index (χ2n) is 4.96. The topological polar surface area (TPSA) is 71.7 Å². The zero-order chi connectivity index (χ0) is 16.1. The SMILES string of the molecule is C/N=C(/C)C(C(C)=O)C(=O)Nc1cccc(-c2ccco2)c1. The summed E-state index contributed by atoms with van der Waals surface area (Å²) in [6.45, 7) is 3.06. The van der Waals surface area contributed by atoms with E-state index in [1.165, 1.54) is 6.92 Å². The van der Waals surface area contributed by atoms with Gasteiger partial charge in [0.1, 0.15) is 17.5 Å². The van der Waals surface area contributed by atoms with Gasteiger partial charge in [-0.1, -0.05) is 12.1 Å². The summed E-state index contributed by atoms with van der Waals surface area (Å²) >= 11 is 0. The van der Waals surface area contributed by atoms with Crippen molar-refractivity contribution in [3.63, 3.8) is 0 Å².